The molecule has 0 amide bonds. The molecule has 0 heterocycles. The third-order valence-corrected chi connectivity index (χ3v) is 4.27. The lowest BCUT2D eigenvalue weighted by Crippen LogP contribution is -2.17. The number of halogens is 3. The van der Waals surface area contributed by atoms with Crippen molar-refractivity contribution >= 4 is 21.4 Å². The number of hydrogen-bond donors (Lipinski definition) is 2. The van der Waals surface area contributed by atoms with E-state index in [0.29, 0.717) is 23.4 Å². The number of hydrogen-bond acceptors (Lipinski definition) is 3. The fourth-order valence-electron chi connectivity index (χ4n) is 1.75. The van der Waals surface area contributed by atoms with Crippen LogP contribution in [0.4, 0.5) is 24.5 Å². The minimum Gasteiger partial charge on any atom is -0.398 e. The molecule has 8 heteroatoms. The second-order valence-electron chi connectivity index (χ2n) is 4.32. The van der Waals surface area contributed by atoms with Gasteiger partial charge < -0.3 is 5.73 Å². The first kappa shape index (κ1) is 15.2. The molecule has 0 fully saturated rings. The van der Waals surface area contributed by atoms with Crippen molar-refractivity contribution in [3.05, 3.63) is 53.3 Å². The fraction of sp³-hybridized carbons (Fsp3) is 0.0769. The van der Waals surface area contributed by atoms with Crippen molar-refractivity contribution in [2.24, 2.45) is 0 Å². The standard InChI is InChI=1S/C13H11F3N2O2S/c1-7-11(17)3-2-4-12(7)18-21(19,20)13-9(15)5-8(14)6-10(13)16/h2-6,18H,17H2,1H3. The second kappa shape index (κ2) is 5.28. The van der Waals surface area contributed by atoms with E-state index in [9.17, 15) is 21.6 Å². The van der Waals surface area contributed by atoms with Gasteiger partial charge >= 0.3 is 0 Å². The molecule has 21 heavy (non-hydrogen) atoms. The Hall–Kier alpha value is -2.22. The molecule has 0 atom stereocenters. The van der Waals surface area contributed by atoms with Crippen molar-refractivity contribution in [1.29, 1.82) is 0 Å². The molecule has 0 aliphatic carbocycles. The molecule has 0 radical (unpaired) electrons. The molecule has 3 N–H and O–H groups in total. The number of nitrogen functional groups attached to an aromatic ring is 1. The number of nitrogens with one attached hydrogen (secondary N) is 1. The van der Waals surface area contributed by atoms with E-state index in [1.54, 1.807) is 13.0 Å². The summed E-state index contributed by atoms with van der Waals surface area (Å²) in [6.07, 6.45) is 0. The van der Waals surface area contributed by atoms with E-state index in [1.807, 2.05) is 4.72 Å². The first-order chi connectivity index (χ1) is 9.72. The van der Waals surface area contributed by atoms with Gasteiger partial charge in [-0.25, -0.2) is 21.6 Å². The average molecular weight is 316 g/mol. The molecular weight excluding hydrogens is 305 g/mol. The molecule has 0 spiro atoms. The van der Waals surface area contributed by atoms with Crippen molar-refractivity contribution in [3.8, 4) is 0 Å². The Balaban J connectivity index is 2.51. The first-order valence-electron chi connectivity index (χ1n) is 5.75. The van der Waals surface area contributed by atoms with Crippen molar-refractivity contribution in [2.45, 2.75) is 11.8 Å². The molecule has 2 aromatic carbocycles. The van der Waals surface area contributed by atoms with Gasteiger partial charge in [0.15, 0.2) is 4.90 Å². The predicted octanol–water partition coefficient (Wildman–Crippen LogP) is 2.80. The van der Waals surface area contributed by atoms with Crippen LogP contribution in [0.5, 0.6) is 0 Å². The largest absolute Gasteiger partial charge is 0.398 e. The molecule has 2 aromatic rings. The van der Waals surface area contributed by atoms with E-state index in [-0.39, 0.29) is 5.69 Å². The van der Waals surface area contributed by atoms with Gasteiger partial charge in [0, 0.05) is 17.8 Å². The highest BCUT2D eigenvalue weighted by molar-refractivity contribution is 7.92. The Labute approximate surface area is 119 Å². The lowest BCUT2D eigenvalue weighted by Gasteiger charge is -2.13. The van der Waals surface area contributed by atoms with Gasteiger partial charge in [-0.3, -0.25) is 4.72 Å². The van der Waals surface area contributed by atoms with Crippen LogP contribution in [-0.4, -0.2) is 8.42 Å². The molecule has 112 valence electrons. The third kappa shape index (κ3) is 2.94. The summed E-state index contributed by atoms with van der Waals surface area (Å²) in [6.45, 7) is 1.55. The van der Waals surface area contributed by atoms with E-state index in [1.165, 1.54) is 12.1 Å². The topological polar surface area (TPSA) is 72.2 Å². The van der Waals surface area contributed by atoms with E-state index in [4.69, 9.17) is 5.73 Å². The summed E-state index contributed by atoms with van der Waals surface area (Å²) in [5.74, 6) is -4.23. The summed E-state index contributed by atoms with van der Waals surface area (Å²) in [4.78, 5) is -1.24. The molecule has 0 bridgehead atoms. The van der Waals surface area contributed by atoms with Crippen LogP contribution in [0.1, 0.15) is 5.56 Å². The molecule has 0 saturated carbocycles. The minimum absolute atomic E-state index is 0.0816. The fourth-order valence-corrected chi connectivity index (χ4v) is 2.99. The summed E-state index contributed by atoms with van der Waals surface area (Å²) in [5.41, 5.74) is 6.43. The molecule has 0 aliphatic rings. The Kier molecular flexibility index (Phi) is 3.82. The van der Waals surface area contributed by atoms with E-state index >= 15 is 0 Å². The maximum atomic E-state index is 13.6. The third-order valence-electron chi connectivity index (χ3n) is 2.85. The lowest BCUT2D eigenvalue weighted by molar-refractivity contribution is 0.498. The average Bonchev–Trinajstić information content (AvgIpc) is 2.33. The van der Waals surface area contributed by atoms with Gasteiger partial charge in [-0.05, 0) is 24.6 Å². The lowest BCUT2D eigenvalue weighted by atomic mass is 10.2. The number of anilines is 2. The van der Waals surface area contributed by atoms with Gasteiger partial charge in [0.05, 0.1) is 5.69 Å². The predicted molar refractivity (Wildman–Crippen MR) is 72.7 cm³/mol. The minimum atomic E-state index is -4.55. The normalized spacial score (nSPS) is 11.4. The summed E-state index contributed by atoms with van der Waals surface area (Å²) < 4.78 is 66.1. The smallest absolute Gasteiger partial charge is 0.267 e. The van der Waals surface area contributed by atoms with Gasteiger partial charge in [-0.2, -0.15) is 0 Å². The molecule has 0 unspecified atom stereocenters. The zero-order valence-electron chi connectivity index (χ0n) is 10.8. The highest BCUT2D eigenvalue weighted by Gasteiger charge is 2.25. The molecule has 4 nitrogen and oxygen atoms in total. The van der Waals surface area contributed by atoms with Crippen LogP contribution >= 0.6 is 0 Å². The molecule has 0 saturated heterocycles. The number of sulfonamides is 1. The molecule has 2 rings (SSSR count). The Morgan fingerprint density at radius 1 is 1.10 bits per heavy atom. The summed E-state index contributed by atoms with van der Waals surface area (Å²) in [7, 11) is -4.55. The zero-order chi connectivity index (χ0) is 15.8. The van der Waals surface area contributed by atoms with Crippen LogP contribution in [0, 0.1) is 24.4 Å². The first-order valence-corrected chi connectivity index (χ1v) is 7.23. The van der Waals surface area contributed by atoms with Gasteiger partial charge in [0.25, 0.3) is 10.0 Å². The zero-order valence-corrected chi connectivity index (χ0v) is 11.6. The monoisotopic (exact) mass is 316 g/mol. The quantitative estimate of drug-likeness (QED) is 0.855. The van der Waals surface area contributed by atoms with Crippen molar-refractivity contribution in [2.75, 3.05) is 10.5 Å². The van der Waals surface area contributed by atoms with Crippen molar-refractivity contribution < 1.29 is 21.6 Å². The van der Waals surface area contributed by atoms with Crippen molar-refractivity contribution in [1.82, 2.24) is 0 Å². The summed E-state index contributed by atoms with van der Waals surface area (Å²) in [6, 6.07) is 5.01. The molecule has 0 aromatic heterocycles. The Morgan fingerprint density at radius 2 is 1.67 bits per heavy atom. The van der Waals surface area contributed by atoms with Crippen LogP contribution < -0.4 is 10.5 Å². The number of benzene rings is 2. The van der Waals surface area contributed by atoms with Crippen LogP contribution in [0.15, 0.2) is 35.2 Å². The Bertz CT molecular complexity index is 784. The number of rotatable bonds is 3. The van der Waals surface area contributed by atoms with E-state index in [2.05, 4.69) is 0 Å². The van der Waals surface area contributed by atoms with Crippen LogP contribution in [0.25, 0.3) is 0 Å². The van der Waals surface area contributed by atoms with Gasteiger partial charge in [-0.1, -0.05) is 6.07 Å². The van der Waals surface area contributed by atoms with E-state index in [0.717, 1.165) is 0 Å². The summed E-state index contributed by atoms with van der Waals surface area (Å²) in [5, 5.41) is 0. The SMILES string of the molecule is Cc1c(N)cccc1NS(=O)(=O)c1c(F)cc(F)cc1F. The van der Waals surface area contributed by atoms with Gasteiger partial charge in [0.2, 0.25) is 0 Å². The number of nitrogens with two attached hydrogens (primary N) is 1. The maximum absolute atomic E-state index is 13.6. The van der Waals surface area contributed by atoms with E-state index < -0.39 is 32.4 Å². The molecular formula is C13H11F3N2O2S. The van der Waals surface area contributed by atoms with Crippen LogP contribution in [-0.2, 0) is 10.0 Å². The highest BCUT2D eigenvalue weighted by Crippen LogP contribution is 2.26. The van der Waals surface area contributed by atoms with Gasteiger partial charge in [-0.15, -0.1) is 0 Å². The van der Waals surface area contributed by atoms with Crippen LogP contribution in [0.2, 0.25) is 0 Å². The molecule has 0 aliphatic heterocycles. The second-order valence-corrected chi connectivity index (χ2v) is 5.94. The van der Waals surface area contributed by atoms with Crippen LogP contribution in [0.3, 0.4) is 0 Å². The summed E-state index contributed by atoms with van der Waals surface area (Å²) >= 11 is 0. The Morgan fingerprint density at radius 3 is 2.24 bits per heavy atom. The highest BCUT2D eigenvalue weighted by atomic mass is 32.2. The van der Waals surface area contributed by atoms with Crippen molar-refractivity contribution in [3.63, 3.8) is 0 Å². The maximum Gasteiger partial charge on any atom is 0.267 e. The van der Waals surface area contributed by atoms with Gasteiger partial charge in [0.1, 0.15) is 17.5 Å².